The van der Waals surface area contributed by atoms with E-state index in [9.17, 15) is 4.79 Å². The molecule has 4 aromatic heterocycles. The fourth-order valence-electron chi connectivity index (χ4n) is 6.02. The van der Waals surface area contributed by atoms with Gasteiger partial charge in [0.1, 0.15) is 5.52 Å². The van der Waals surface area contributed by atoms with Crippen LogP contribution in [0.3, 0.4) is 0 Å². The first-order chi connectivity index (χ1) is 21.9. The number of halogens is 1. The van der Waals surface area contributed by atoms with Crippen LogP contribution >= 0.6 is 11.6 Å². The first-order valence-electron chi connectivity index (χ1n) is 14.9. The van der Waals surface area contributed by atoms with E-state index in [0.717, 1.165) is 69.7 Å². The molecule has 3 N–H and O–H groups in total. The molecule has 0 bridgehead atoms. The third-order valence-corrected chi connectivity index (χ3v) is 8.78. The third kappa shape index (κ3) is 5.56. The van der Waals surface area contributed by atoms with Crippen LogP contribution < -0.4 is 16.0 Å². The first-order valence-corrected chi connectivity index (χ1v) is 15.3. The normalized spacial score (nSPS) is 12.7. The predicted octanol–water partition coefficient (Wildman–Crippen LogP) is 6.79. The van der Waals surface area contributed by atoms with Gasteiger partial charge in [0.15, 0.2) is 11.6 Å². The molecule has 1 amide bonds. The molecular formula is C35H33ClN8O. The fourth-order valence-corrected chi connectivity index (χ4v) is 6.29. The van der Waals surface area contributed by atoms with Crippen molar-refractivity contribution in [1.29, 1.82) is 0 Å². The zero-order valence-corrected chi connectivity index (χ0v) is 26.1. The lowest BCUT2D eigenvalue weighted by molar-refractivity contribution is 0.101. The van der Waals surface area contributed by atoms with Gasteiger partial charge < -0.3 is 25.1 Å². The van der Waals surface area contributed by atoms with Crippen molar-refractivity contribution in [3.8, 4) is 11.1 Å². The smallest absolute Gasteiger partial charge is 0.291 e. The summed E-state index contributed by atoms with van der Waals surface area (Å²) < 4.78 is 4.03. The molecule has 0 saturated carbocycles. The number of amides is 1. The Bertz CT molecular complexity index is 2080. The lowest BCUT2D eigenvalue weighted by Crippen LogP contribution is -2.24. The summed E-state index contributed by atoms with van der Waals surface area (Å²) in [5.74, 6) is 0.756. The Morgan fingerprint density at radius 3 is 2.67 bits per heavy atom. The van der Waals surface area contributed by atoms with Crippen LogP contribution in [0.15, 0.2) is 79.4 Å². The van der Waals surface area contributed by atoms with Gasteiger partial charge in [-0.25, -0.2) is 9.97 Å². The number of hydrogen-bond acceptors (Lipinski definition) is 6. The molecule has 5 heterocycles. The van der Waals surface area contributed by atoms with Crippen LogP contribution in [0.2, 0.25) is 5.02 Å². The van der Waals surface area contributed by atoms with Gasteiger partial charge in [-0.1, -0.05) is 35.9 Å². The maximum absolute atomic E-state index is 13.3. The molecule has 45 heavy (non-hydrogen) atoms. The number of nitrogens with zero attached hydrogens (tertiary/aromatic N) is 5. The molecule has 0 radical (unpaired) electrons. The minimum Gasteiger partial charge on any atom is -0.350 e. The third-order valence-electron chi connectivity index (χ3n) is 8.37. The number of carbonyl (C=O) groups is 1. The van der Waals surface area contributed by atoms with Crippen molar-refractivity contribution in [1.82, 2.24) is 29.4 Å². The predicted molar refractivity (Wildman–Crippen MR) is 179 cm³/mol. The summed E-state index contributed by atoms with van der Waals surface area (Å²) in [7, 11) is 1.88. The first kappa shape index (κ1) is 28.8. The molecule has 7 rings (SSSR count). The van der Waals surface area contributed by atoms with E-state index in [1.807, 2.05) is 67.2 Å². The molecular weight excluding hydrogens is 584 g/mol. The molecule has 0 aliphatic carbocycles. The van der Waals surface area contributed by atoms with Crippen LogP contribution in [0.4, 0.5) is 17.2 Å². The van der Waals surface area contributed by atoms with E-state index in [-0.39, 0.29) is 5.91 Å². The zero-order valence-electron chi connectivity index (χ0n) is 25.4. The summed E-state index contributed by atoms with van der Waals surface area (Å²) in [5.41, 5.74) is 9.31. The van der Waals surface area contributed by atoms with Gasteiger partial charge in [-0.15, -0.1) is 0 Å². The summed E-state index contributed by atoms with van der Waals surface area (Å²) >= 11 is 6.96. The fraction of sp³-hybridized carbons (Fsp3) is 0.200. The summed E-state index contributed by atoms with van der Waals surface area (Å²) in [5, 5.41) is 11.3. The molecule has 0 fully saturated rings. The van der Waals surface area contributed by atoms with Crippen molar-refractivity contribution in [2.45, 2.75) is 33.4 Å². The number of hydrogen-bond donors (Lipinski definition) is 3. The van der Waals surface area contributed by atoms with Crippen molar-refractivity contribution < 1.29 is 4.79 Å². The maximum Gasteiger partial charge on any atom is 0.291 e. The molecule has 1 aliphatic rings. The van der Waals surface area contributed by atoms with Crippen molar-refractivity contribution in [2.75, 3.05) is 17.2 Å². The molecule has 0 saturated heterocycles. The number of imidazole rings is 1. The Morgan fingerprint density at radius 1 is 1.04 bits per heavy atom. The molecule has 0 atom stereocenters. The minimum absolute atomic E-state index is 0.292. The molecule has 226 valence electrons. The SMILES string of the molecule is Cc1ccn(Cc2cnc3c(Nc4cccc(-c5cccc(NC(=O)c6nc7c(n6C)CCNC7)c5Cl)c4C)nccc3c2)c1. The number of aromatic nitrogens is 5. The van der Waals surface area contributed by atoms with E-state index in [0.29, 0.717) is 28.9 Å². The van der Waals surface area contributed by atoms with Crippen molar-refractivity contribution >= 4 is 45.6 Å². The lowest BCUT2D eigenvalue weighted by atomic mass is 9.98. The van der Waals surface area contributed by atoms with Gasteiger partial charge in [-0.05, 0) is 66.4 Å². The van der Waals surface area contributed by atoms with Crippen LogP contribution in [0.5, 0.6) is 0 Å². The molecule has 0 unspecified atom stereocenters. The highest BCUT2D eigenvalue weighted by Gasteiger charge is 2.23. The second kappa shape index (κ2) is 11.8. The average molecular weight is 617 g/mol. The highest BCUT2D eigenvalue weighted by molar-refractivity contribution is 6.36. The van der Waals surface area contributed by atoms with E-state index in [4.69, 9.17) is 16.6 Å². The Labute approximate surface area is 266 Å². The highest BCUT2D eigenvalue weighted by atomic mass is 35.5. The Morgan fingerprint density at radius 2 is 1.87 bits per heavy atom. The summed E-state index contributed by atoms with van der Waals surface area (Å²) in [6, 6.07) is 17.9. The lowest BCUT2D eigenvalue weighted by Gasteiger charge is -2.16. The standard InChI is InChI=1S/C35H33ClN8O/c1-21-12-15-44(19-21)20-23-16-24-10-14-38-33(32(24)39-17-23)40-27-8-4-6-25(22(27)2)26-7-5-9-28(31(26)36)42-35(45)34-41-29-18-37-13-11-30(29)43(34)3/h4-10,12,14-17,19,37H,11,13,18,20H2,1-3H3,(H,38,40)(H,42,45). The molecule has 10 heteroatoms. The second-order valence-electron chi connectivity index (χ2n) is 11.5. The van der Waals surface area contributed by atoms with Gasteiger partial charge in [0, 0.05) is 80.2 Å². The van der Waals surface area contributed by atoms with E-state index < -0.39 is 0 Å². The zero-order chi connectivity index (χ0) is 31.1. The number of anilines is 3. The molecule has 1 aliphatic heterocycles. The van der Waals surface area contributed by atoms with Crippen molar-refractivity contribution in [3.05, 3.63) is 118 Å². The minimum atomic E-state index is -0.292. The second-order valence-corrected chi connectivity index (χ2v) is 11.9. The van der Waals surface area contributed by atoms with Crippen LogP contribution in [-0.4, -0.2) is 36.5 Å². The Kier molecular flexibility index (Phi) is 7.56. The van der Waals surface area contributed by atoms with Crippen molar-refractivity contribution in [2.24, 2.45) is 7.05 Å². The Balaban J connectivity index is 1.15. The highest BCUT2D eigenvalue weighted by Crippen LogP contribution is 2.38. The van der Waals surface area contributed by atoms with Crippen LogP contribution in [0.25, 0.3) is 22.0 Å². The number of fused-ring (bicyclic) bond motifs is 2. The van der Waals surface area contributed by atoms with E-state index in [2.05, 4.69) is 61.9 Å². The summed E-state index contributed by atoms with van der Waals surface area (Å²) in [6.45, 7) is 6.42. The van der Waals surface area contributed by atoms with Gasteiger partial charge in [0.25, 0.3) is 5.91 Å². The van der Waals surface area contributed by atoms with Gasteiger partial charge >= 0.3 is 0 Å². The van der Waals surface area contributed by atoms with Gasteiger partial charge in [0.05, 0.1) is 16.4 Å². The quantitative estimate of drug-likeness (QED) is 0.183. The number of aryl methyl sites for hydroxylation is 1. The van der Waals surface area contributed by atoms with Gasteiger partial charge in [-0.3, -0.25) is 9.78 Å². The monoisotopic (exact) mass is 616 g/mol. The van der Waals surface area contributed by atoms with Gasteiger partial charge in [-0.2, -0.15) is 0 Å². The molecule has 6 aromatic rings. The summed E-state index contributed by atoms with van der Waals surface area (Å²) in [4.78, 5) is 27.3. The largest absolute Gasteiger partial charge is 0.350 e. The van der Waals surface area contributed by atoms with Gasteiger partial charge in [0.2, 0.25) is 0 Å². The topological polar surface area (TPSA) is 102 Å². The number of pyridine rings is 2. The number of rotatable bonds is 7. The molecule has 9 nitrogen and oxygen atoms in total. The Hall–Kier alpha value is -4.99. The maximum atomic E-state index is 13.3. The number of carbonyl (C=O) groups excluding carboxylic acids is 1. The van der Waals surface area contributed by atoms with E-state index in [1.54, 1.807) is 6.20 Å². The molecule has 0 spiro atoms. The van der Waals surface area contributed by atoms with Crippen LogP contribution in [0.1, 0.15) is 38.7 Å². The van der Waals surface area contributed by atoms with Crippen LogP contribution in [0, 0.1) is 13.8 Å². The van der Waals surface area contributed by atoms with Crippen molar-refractivity contribution in [3.63, 3.8) is 0 Å². The van der Waals surface area contributed by atoms with Crippen LogP contribution in [-0.2, 0) is 26.6 Å². The molecule has 2 aromatic carbocycles. The number of nitrogens with one attached hydrogen (secondary N) is 3. The summed E-state index contributed by atoms with van der Waals surface area (Å²) in [6.07, 6.45) is 8.75. The average Bonchev–Trinajstić information content (AvgIpc) is 3.61. The van der Waals surface area contributed by atoms with E-state index in [1.165, 1.54) is 5.56 Å². The van der Waals surface area contributed by atoms with E-state index >= 15 is 0 Å². The number of benzene rings is 2.